The van der Waals surface area contributed by atoms with Gasteiger partial charge in [0.15, 0.2) is 0 Å². The molecule has 116 valence electrons. The highest BCUT2D eigenvalue weighted by Crippen LogP contribution is 2.69. The van der Waals surface area contributed by atoms with Crippen LogP contribution < -0.4 is 0 Å². The molecule has 0 aromatic rings. The minimum atomic E-state index is 0.509. The van der Waals surface area contributed by atoms with Crippen LogP contribution in [-0.4, -0.2) is 0 Å². The summed E-state index contributed by atoms with van der Waals surface area (Å²) in [4.78, 5) is 0. The Bertz CT molecular complexity index is 328. The molecule has 0 unspecified atom stereocenters. The van der Waals surface area contributed by atoms with E-state index in [2.05, 4.69) is 41.5 Å². The standard InChI is InChI=1S/C20H36/c1-17(2,3)12-19-8-15-7-16(9-19)11-20(10-15,14-19)13-18(4,5)6/h15-16H,7-14H2,1-6H3. The summed E-state index contributed by atoms with van der Waals surface area (Å²) < 4.78 is 0. The number of hydrogen-bond acceptors (Lipinski definition) is 0. The highest BCUT2D eigenvalue weighted by atomic mass is 14.6. The maximum atomic E-state index is 2.46. The second kappa shape index (κ2) is 4.26. The lowest BCUT2D eigenvalue weighted by molar-refractivity contribution is -0.136. The van der Waals surface area contributed by atoms with Crippen LogP contribution in [0.25, 0.3) is 0 Å². The average Bonchev–Trinajstić information content (AvgIpc) is 2.04. The van der Waals surface area contributed by atoms with E-state index in [4.69, 9.17) is 0 Å². The van der Waals surface area contributed by atoms with Gasteiger partial charge in [-0.15, -0.1) is 0 Å². The zero-order valence-electron chi connectivity index (χ0n) is 14.8. The molecule has 0 aromatic carbocycles. The summed E-state index contributed by atoms with van der Waals surface area (Å²) in [5.74, 6) is 2.14. The second-order valence-electron chi connectivity index (χ2n) is 11.4. The van der Waals surface area contributed by atoms with Crippen LogP contribution >= 0.6 is 0 Å². The fraction of sp³-hybridized carbons (Fsp3) is 1.00. The van der Waals surface area contributed by atoms with Gasteiger partial charge < -0.3 is 0 Å². The Hall–Kier alpha value is 0. The van der Waals surface area contributed by atoms with Gasteiger partial charge in [0.05, 0.1) is 0 Å². The van der Waals surface area contributed by atoms with Gasteiger partial charge in [0.2, 0.25) is 0 Å². The highest BCUT2D eigenvalue weighted by molar-refractivity contribution is 5.09. The van der Waals surface area contributed by atoms with Crippen molar-refractivity contribution < 1.29 is 0 Å². The third kappa shape index (κ3) is 2.95. The third-order valence-electron chi connectivity index (χ3n) is 6.11. The molecule has 4 aliphatic carbocycles. The average molecular weight is 277 g/mol. The van der Waals surface area contributed by atoms with Crippen LogP contribution in [0.1, 0.15) is 92.9 Å². The van der Waals surface area contributed by atoms with Crippen molar-refractivity contribution >= 4 is 0 Å². The zero-order valence-corrected chi connectivity index (χ0v) is 14.8. The van der Waals surface area contributed by atoms with Crippen LogP contribution in [0.15, 0.2) is 0 Å². The smallest absolute Gasteiger partial charge is 0.0282 e. The molecule has 4 bridgehead atoms. The molecule has 4 fully saturated rings. The molecular formula is C20H36. The van der Waals surface area contributed by atoms with Gasteiger partial charge in [-0.25, -0.2) is 0 Å². The van der Waals surface area contributed by atoms with Crippen LogP contribution in [0.5, 0.6) is 0 Å². The Morgan fingerprint density at radius 2 is 1.05 bits per heavy atom. The highest BCUT2D eigenvalue weighted by Gasteiger charge is 2.58. The minimum absolute atomic E-state index is 0.509. The van der Waals surface area contributed by atoms with Gasteiger partial charge in [0.1, 0.15) is 0 Å². The number of rotatable bonds is 2. The van der Waals surface area contributed by atoms with Crippen molar-refractivity contribution in [1.29, 1.82) is 0 Å². The lowest BCUT2D eigenvalue weighted by Gasteiger charge is -2.64. The molecule has 0 aliphatic heterocycles. The first-order valence-corrected chi connectivity index (χ1v) is 8.99. The van der Waals surface area contributed by atoms with E-state index in [1.807, 2.05) is 0 Å². The summed E-state index contributed by atoms with van der Waals surface area (Å²) in [5, 5.41) is 0. The summed E-state index contributed by atoms with van der Waals surface area (Å²) >= 11 is 0. The fourth-order valence-electron chi connectivity index (χ4n) is 7.31. The van der Waals surface area contributed by atoms with Crippen molar-refractivity contribution in [1.82, 2.24) is 0 Å². The topological polar surface area (TPSA) is 0 Å². The summed E-state index contributed by atoms with van der Waals surface area (Å²) in [5.41, 5.74) is 2.45. The Labute approximate surface area is 127 Å². The van der Waals surface area contributed by atoms with Crippen molar-refractivity contribution in [3.8, 4) is 0 Å². The first kappa shape index (κ1) is 14.9. The minimum Gasteiger partial charge on any atom is -0.0602 e. The molecule has 0 amide bonds. The molecular weight excluding hydrogens is 240 g/mol. The van der Waals surface area contributed by atoms with Gasteiger partial charge >= 0.3 is 0 Å². The van der Waals surface area contributed by atoms with Gasteiger partial charge in [-0.05, 0) is 84.9 Å². The molecule has 0 heteroatoms. The fourth-order valence-corrected chi connectivity index (χ4v) is 7.31. The second-order valence-corrected chi connectivity index (χ2v) is 11.4. The van der Waals surface area contributed by atoms with E-state index in [0.717, 1.165) is 11.8 Å². The Morgan fingerprint density at radius 3 is 1.35 bits per heavy atom. The van der Waals surface area contributed by atoms with Crippen molar-refractivity contribution in [2.45, 2.75) is 92.9 Å². The molecule has 0 heterocycles. The van der Waals surface area contributed by atoms with Gasteiger partial charge in [0.25, 0.3) is 0 Å². The Kier molecular flexibility index (Phi) is 3.18. The predicted octanol–water partition coefficient (Wildman–Crippen LogP) is 6.45. The lowest BCUT2D eigenvalue weighted by Crippen LogP contribution is -2.53. The summed E-state index contributed by atoms with van der Waals surface area (Å²) in [7, 11) is 0. The molecule has 0 radical (unpaired) electrons. The SMILES string of the molecule is CC(C)(C)CC12CC3CC(C1)CC(CC(C)(C)C)(C3)C2. The van der Waals surface area contributed by atoms with Crippen LogP contribution in [-0.2, 0) is 0 Å². The van der Waals surface area contributed by atoms with Gasteiger partial charge in [-0.2, -0.15) is 0 Å². The van der Waals surface area contributed by atoms with Crippen LogP contribution in [0.4, 0.5) is 0 Å². The van der Waals surface area contributed by atoms with Crippen LogP contribution in [0, 0.1) is 33.5 Å². The van der Waals surface area contributed by atoms with Gasteiger partial charge in [-0.3, -0.25) is 0 Å². The van der Waals surface area contributed by atoms with E-state index in [0.29, 0.717) is 21.7 Å². The largest absolute Gasteiger partial charge is 0.0602 e. The van der Waals surface area contributed by atoms with Crippen molar-refractivity contribution in [2.24, 2.45) is 33.5 Å². The zero-order chi connectivity index (χ0) is 14.8. The summed E-state index contributed by atoms with van der Waals surface area (Å²) in [6.45, 7) is 14.8. The van der Waals surface area contributed by atoms with Crippen molar-refractivity contribution in [2.75, 3.05) is 0 Å². The van der Waals surface area contributed by atoms with Gasteiger partial charge in [-0.1, -0.05) is 41.5 Å². The molecule has 0 spiro atoms. The Morgan fingerprint density at radius 1 is 0.700 bits per heavy atom. The molecule has 0 aromatic heterocycles. The summed E-state index contributed by atoms with van der Waals surface area (Å²) in [6, 6.07) is 0. The normalized spacial score (nSPS) is 44.1. The van der Waals surface area contributed by atoms with Crippen molar-refractivity contribution in [3.05, 3.63) is 0 Å². The van der Waals surface area contributed by atoms with E-state index in [1.54, 1.807) is 38.5 Å². The van der Waals surface area contributed by atoms with Crippen LogP contribution in [0.2, 0.25) is 0 Å². The van der Waals surface area contributed by atoms with E-state index in [1.165, 1.54) is 12.8 Å². The monoisotopic (exact) mass is 276 g/mol. The molecule has 4 saturated carbocycles. The molecule has 20 heavy (non-hydrogen) atoms. The van der Waals surface area contributed by atoms with Crippen LogP contribution in [0.3, 0.4) is 0 Å². The van der Waals surface area contributed by atoms with E-state index < -0.39 is 0 Å². The molecule has 4 aliphatic rings. The first-order valence-electron chi connectivity index (χ1n) is 8.99. The molecule has 0 N–H and O–H groups in total. The molecule has 0 saturated heterocycles. The molecule has 0 atom stereocenters. The Balaban J connectivity index is 1.86. The number of hydrogen-bond donors (Lipinski definition) is 0. The predicted molar refractivity (Wildman–Crippen MR) is 87.7 cm³/mol. The first-order chi connectivity index (χ1) is 8.99. The summed E-state index contributed by atoms with van der Waals surface area (Å²) in [6.07, 6.45) is 12.3. The van der Waals surface area contributed by atoms with E-state index in [9.17, 15) is 0 Å². The van der Waals surface area contributed by atoms with E-state index >= 15 is 0 Å². The van der Waals surface area contributed by atoms with E-state index in [-0.39, 0.29) is 0 Å². The maximum absolute atomic E-state index is 2.46. The quantitative estimate of drug-likeness (QED) is 0.544. The molecule has 0 nitrogen and oxygen atoms in total. The molecule has 4 rings (SSSR count). The third-order valence-corrected chi connectivity index (χ3v) is 6.11. The van der Waals surface area contributed by atoms with Gasteiger partial charge in [0, 0.05) is 0 Å². The maximum Gasteiger partial charge on any atom is -0.0282 e. The lowest BCUT2D eigenvalue weighted by atomic mass is 9.41. The van der Waals surface area contributed by atoms with Crippen molar-refractivity contribution in [3.63, 3.8) is 0 Å².